The molecule has 2 aromatic carbocycles. The molecule has 148 valence electrons. The molecule has 0 N–H and O–H groups in total. The van der Waals surface area contributed by atoms with Crippen molar-refractivity contribution in [2.45, 2.75) is 25.7 Å². The lowest BCUT2D eigenvalue weighted by molar-refractivity contribution is 0.0597. The monoisotopic (exact) mass is 381 g/mol. The highest BCUT2D eigenvalue weighted by Crippen LogP contribution is 2.19. The van der Waals surface area contributed by atoms with E-state index in [1.165, 1.54) is 39.5 Å². The molecule has 0 bridgehead atoms. The maximum atomic E-state index is 12.8. The zero-order valence-corrected chi connectivity index (χ0v) is 16.4. The number of piperidine rings is 1. The van der Waals surface area contributed by atoms with Crippen molar-refractivity contribution in [3.8, 4) is 5.75 Å². The fourth-order valence-electron chi connectivity index (χ4n) is 3.49. The van der Waals surface area contributed by atoms with E-state index in [1.807, 2.05) is 0 Å². The van der Waals surface area contributed by atoms with Gasteiger partial charge < -0.3 is 14.4 Å². The Hall–Kier alpha value is -2.66. The van der Waals surface area contributed by atoms with E-state index < -0.39 is 5.97 Å². The molecule has 0 atom stereocenters. The van der Waals surface area contributed by atoms with Crippen LogP contribution in [0.3, 0.4) is 0 Å². The lowest BCUT2D eigenvalue weighted by Crippen LogP contribution is -2.31. The van der Waals surface area contributed by atoms with Crippen molar-refractivity contribution >= 4 is 11.8 Å². The minimum Gasteiger partial charge on any atom is -0.494 e. The van der Waals surface area contributed by atoms with Crippen molar-refractivity contribution in [2.24, 2.45) is 0 Å². The van der Waals surface area contributed by atoms with Gasteiger partial charge in [0.2, 0.25) is 0 Å². The average Bonchev–Trinajstić information content (AvgIpc) is 2.77. The van der Waals surface area contributed by atoms with Gasteiger partial charge in [0.1, 0.15) is 5.75 Å². The number of likely N-dealkylation sites (tertiary alicyclic amines) is 1. The second-order valence-corrected chi connectivity index (χ2v) is 6.99. The smallest absolute Gasteiger partial charge is 0.338 e. The number of rotatable bonds is 8. The predicted octanol–water partition coefficient (Wildman–Crippen LogP) is 3.96. The molecule has 1 fully saturated rings. The molecule has 0 amide bonds. The molecule has 3 rings (SSSR count). The SMILES string of the molecule is COC(=O)c1ccccc1C(=O)c1ccc(OCCCN2CCCCC2)cc1. The highest BCUT2D eigenvalue weighted by Gasteiger charge is 2.18. The van der Waals surface area contributed by atoms with Gasteiger partial charge in [-0.25, -0.2) is 4.79 Å². The van der Waals surface area contributed by atoms with E-state index in [0.29, 0.717) is 17.7 Å². The lowest BCUT2D eigenvalue weighted by Gasteiger charge is -2.26. The first-order valence-electron chi connectivity index (χ1n) is 9.86. The van der Waals surface area contributed by atoms with E-state index in [0.717, 1.165) is 18.7 Å². The van der Waals surface area contributed by atoms with E-state index in [-0.39, 0.29) is 11.3 Å². The fourth-order valence-corrected chi connectivity index (χ4v) is 3.49. The first kappa shape index (κ1) is 20.1. The Kier molecular flexibility index (Phi) is 7.20. The summed E-state index contributed by atoms with van der Waals surface area (Å²) in [7, 11) is 1.31. The maximum absolute atomic E-state index is 12.8. The molecule has 0 radical (unpaired) electrons. The summed E-state index contributed by atoms with van der Waals surface area (Å²) < 4.78 is 10.6. The van der Waals surface area contributed by atoms with Crippen LogP contribution in [0.15, 0.2) is 48.5 Å². The molecule has 5 heteroatoms. The summed E-state index contributed by atoms with van der Waals surface area (Å²) in [4.78, 5) is 27.2. The summed E-state index contributed by atoms with van der Waals surface area (Å²) in [5, 5.41) is 0. The molecule has 1 aliphatic heterocycles. The van der Waals surface area contributed by atoms with Crippen LogP contribution in [0.5, 0.6) is 5.75 Å². The third kappa shape index (κ3) is 5.20. The number of hydrogen-bond donors (Lipinski definition) is 0. The van der Waals surface area contributed by atoms with E-state index >= 15 is 0 Å². The third-order valence-corrected chi connectivity index (χ3v) is 5.03. The molecule has 5 nitrogen and oxygen atoms in total. The molecule has 0 unspecified atom stereocenters. The Labute approximate surface area is 166 Å². The van der Waals surface area contributed by atoms with Crippen LogP contribution < -0.4 is 4.74 Å². The van der Waals surface area contributed by atoms with Crippen molar-refractivity contribution in [1.29, 1.82) is 0 Å². The van der Waals surface area contributed by atoms with Crippen LogP contribution in [-0.2, 0) is 4.74 Å². The van der Waals surface area contributed by atoms with Crippen LogP contribution >= 0.6 is 0 Å². The Morgan fingerprint density at radius 2 is 1.61 bits per heavy atom. The van der Waals surface area contributed by atoms with Gasteiger partial charge in [0.15, 0.2) is 5.78 Å². The zero-order valence-electron chi connectivity index (χ0n) is 16.4. The minimum absolute atomic E-state index is 0.211. The van der Waals surface area contributed by atoms with Crippen LogP contribution in [0, 0.1) is 0 Å². The first-order valence-corrected chi connectivity index (χ1v) is 9.86. The van der Waals surface area contributed by atoms with Crippen molar-refractivity contribution in [3.05, 3.63) is 65.2 Å². The van der Waals surface area contributed by atoms with E-state index in [1.54, 1.807) is 48.5 Å². The third-order valence-electron chi connectivity index (χ3n) is 5.03. The quantitative estimate of drug-likeness (QED) is 0.394. The summed E-state index contributed by atoms with van der Waals surface area (Å²) in [6.45, 7) is 4.13. The van der Waals surface area contributed by atoms with Crippen molar-refractivity contribution < 1.29 is 19.1 Å². The largest absolute Gasteiger partial charge is 0.494 e. The molecule has 1 saturated heterocycles. The predicted molar refractivity (Wildman–Crippen MR) is 108 cm³/mol. The van der Waals surface area contributed by atoms with Crippen LogP contribution in [0.1, 0.15) is 52.0 Å². The summed E-state index contributed by atoms with van der Waals surface area (Å²) in [5.41, 5.74) is 1.12. The molecular formula is C23H27NO4. The van der Waals surface area contributed by atoms with Crippen molar-refractivity contribution in [2.75, 3.05) is 33.4 Å². The van der Waals surface area contributed by atoms with E-state index in [4.69, 9.17) is 9.47 Å². The number of methoxy groups -OCH3 is 1. The minimum atomic E-state index is -0.516. The van der Waals surface area contributed by atoms with Gasteiger partial charge in [-0.2, -0.15) is 0 Å². The highest BCUT2D eigenvalue weighted by molar-refractivity contribution is 6.14. The Morgan fingerprint density at radius 1 is 0.929 bits per heavy atom. The summed E-state index contributed by atoms with van der Waals surface area (Å²) >= 11 is 0. The number of benzene rings is 2. The van der Waals surface area contributed by atoms with Gasteiger partial charge in [0, 0.05) is 17.7 Å². The van der Waals surface area contributed by atoms with Gasteiger partial charge >= 0.3 is 5.97 Å². The highest BCUT2D eigenvalue weighted by atomic mass is 16.5. The van der Waals surface area contributed by atoms with Crippen molar-refractivity contribution in [3.63, 3.8) is 0 Å². The fraction of sp³-hybridized carbons (Fsp3) is 0.391. The second kappa shape index (κ2) is 10.0. The number of nitrogens with zero attached hydrogens (tertiary/aromatic N) is 1. The van der Waals surface area contributed by atoms with Gasteiger partial charge in [-0.1, -0.05) is 24.6 Å². The van der Waals surface area contributed by atoms with Crippen LogP contribution in [0.25, 0.3) is 0 Å². The number of carbonyl (C=O) groups is 2. The normalized spacial score (nSPS) is 14.5. The molecule has 1 heterocycles. The molecule has 1 aliphatic rings. The van der Waals surface area contributed by atoms with Gasteiger partial charge in [0.05, 0.1) is 19.3 Å². The van der Waals surface area contributed by atoms with Gasteiger partial charge in [-0.05, 0) is 62.7 Å². The summed E-state index contributed by atoms with van der Waals surface area (Å²) in [6, 6.07) is 13.7. The van der Waals surface area contributed by atoms with Crippen molar-refractivity contribution in [1.82, 2.24) is 4.90 Å². The zero-order chi connectivity index (χ0) is 19.8. The Balaban J connectivity index is 1.55. The van der Waals surface area contributed by atoms with Crippen LogP contribution in [0.2, 0.25) is 0 Å². The molecule has 0 aliphatic carbocycles. The van der Waals surface area contributed by atoms with Gasteiger partial charge in [-0.3, -0.25) is 4.79 Å². The summed E-state index contributed by atoms with van der Waals surface area (Å²) in [5.74, 6) is 0.0201. The van der Waals surface area contributed by atoms with Gasteiger partial charge in [-0.15, -0.1) is 0 Å². The molecule has 28 heavy (non-hydrogen) atoms. The average molecular weight is 381 g/mol. The Morgan fingerprint density at radius 3 is 2.29 bits per heavy atom. The number of esters is 1. The molecular weight excluding hydrogens is 354 g/mol. The first-order chi connectivity index (χ1) is 13.7. The molecule has 0 spiro atoms. The standard InChI is InChI=1S/C23H27NO4/c1-27-23(26)21-9-4-3-8-20(21)22(25)18-10-12-19(13-11-18)28-17-7-16-24-14-5-2-6-15-24/h3-4,8-13H,2,5-7,14-17H2,1H3. The number of carbonyl (C=O) groups excluding carboxylic acids is 2. The van der Waals surface area contributed by atoms with E-state index in [2.05, 4.69) is 4.90 Å². The van der Waals surface area contributed by atoms with E-state index in [9.17, 15) is 9.59 Å². The Bertz CT molecular complexity index is 795. The van der Waals surface area contributed by atoms with Crippen LogP contribution in [0.4, 0.5) is 0 Å². The van der Waals surface area contributed by atoms with Gasteiger partial charge in [0.25, 0.3) is 0 Å². The number of ketones is 1. The maximum Gasteiger partial charge on any atom is 0.338 e. The summed E-state index contributed by atoms with van der Waals surface area (Å²) in [6.07, 6.45) is 4.94. The lowest BCUT2D eigenvalue weighted by atomic mass is 9.98. The van der Waals surface area contributed by atoms with Crippen LogP contribution in [-0.4, -0.2) is 50.0 Å². The molecule has 2 aromatic rings. The molecule has 0 aromatic heterocycles. The number of ether oxygens (including phenoxy) is 2. The molecule has 0 saturated carbocycles. The second-order valence-electron chi connectivity index (χ2n) is 6.99. The topological polar surface area (TPSA) is 55.8 Å². The number of hydrogen-bond acceptors (Lipinski definition) is 5.